The summed E-state index contributed by atoms with van der Waals surface area (Å²) in [7, 11) is 0. The van der Waals surface area contributed by atoms with Gasteiger partial charge in [0.05, 0.1) is 11.1 Å². The molecule has 0 aliphatic rings. The average Bonchev–Trinajstić information content (AvgIpc) is 2.20. The fourth-order valence-corrected chi connectivity index (χ4v) is 1.25. The molecule has 0 aliphatic carbocycles. The Kier molecular flexibility index (Phi) is 4.52. The first-order valence-electron chi connectivity index (χ1n) is 4.40. The zero-order valence-electron chi connectivity index (χ0n) is 7.84. The van der Waals surface area contributed by atoms with Crippen LogP contribution in [0, 0.1) is 0 Å². The van der Waals surface area contributed by atoms with Crippen molar-refractivity contribution in [2.75, 3.05) is 6.61 Å². The number of hydrogen-bond donors (Lipinski definition) is 1. The number of hydrogen-bond acceptors (Lipinski definition) is 2. The second-order valence-electron chi connectivity index (χ2n) is 2.93. The van der Waals surface area contributed by atoms with Gasteiger partial charge in [-0.1, -0.05) is 36.2 Å². The number of halogens is 2. The Balaban J connectivity index is 2.63. The maximum atomic E-state index is 9.28. The fraction of sp³-hybridized carbons (Fsp3) is 0.400. The molecule has 1 N–H and O–H groups in total. The Morgan fingerprint density at radius 3 is 2.79 bits per heavy atom. The van der Waals surface area contributed by atoms with Crippen molar-refractivity contribution in [1.82, 2.24) is 0 Å². The third-order valence-electron chi connectivity index (χ3n) is 1.82. The largest absolute Gasteiger partial charge is 0.489 e. The predicted molar refractivity (Wildman–Crippen MR) is 58.3 cm³/mol. The number of ether oxygens (including phenoxy) is 1. The van der Waals surface area contributed by atoms with Crippen LogP contribution in [0.1, 0.15) is 13.3 Å². The SMILES string of the molecule is CCC(O)COc1cccc(Cl)c1Cl. The monoisotopic (exact) mass is 234 g/mol. The zero-order valence-corrected chi connectivity index (χ0v) is 9.35. The van der Waals surface area contributed by atoms with Gasteiger partial charge in [0.25, 0.3) is 0 Å². The molecule has 4 heteroatoms. The molecule has 0 saturated carbocycles. The van der Waals surface area contributed by atoms with Crippen molar-refractivity contribution in [3.05, 3.63) is 28.2 Å². The molecule has 0 fully saturated rings. The maximum absolute atomic E-state index is 9.28. The Hall–Kier alpha value is -0.440. The van der Waals surface area contributed by atoms with Crippen LogP contribution in [0.25, 0.3) is 0 Å². The average molecular weight is 235 g/mol. The van der Waals surface area contributed by atoms with E-state index in [1.165, 1.54) is 0 Å². The molecule has 0 saturated heterocycles. The Labute approximate surface area is 93.4 Å². The molecule has 1 unspecified atom stereocenters. The third-order valence-corrected chi connectivity index (χ3v) is 2.62. The lowest BCUT2D eigenvalue weighted by atomic mass is 10.3. The summed E-state index contributed by atoms with van der Waals surface area (Å²) in [4.78, 5) is 0. The van der Waals surface area contributed by atoms with E-state index < -0.39 is 6.10 Å². The molecular weight excluding hydrogens is 223 g/mol. The number of aliphatic hydroxyl groups excluding tert-OH is 1. The zero-order chi connectivity index (χ0) is 10.6. The molecule has 0 aromatic heterocycles. The van der Waals surface area contributed by atoms with Crippen molar-refractivity contribution in [3.63, 3.8) is 0 Å². The first-order valence-corrected chi connectivity index (χ1v) is 5.15. The van der Waals surface area contributed by atoms with Crippen LogP contribution in [0.2, 0.25) is 10.0 Å². The molecule has 0 spiro atoms. The second kappa shape index (κ2) is 5.44. The highest BCUT2D eigenvalue weighted by atomic mass is 35.5. The van der Waals surface area contributed by atoms with Crippen molar-refractivity contribution in [3.8, 4) is 5.75 Å². The van der Waals surface area contributed by atoms with Gasteiger partial charge in [-0.25, -0.2) is 0 Å². The predicted octanol–water partition coefficient (Wildman–Crippen LogP) is 3.14. The van der Waals surface area contributed by atoms with Gasteiger partial charge in [0.15, 0.2) is 0 Å². The molecule has 1 rings (SSSR count). The molecule has 1 aromatic carbocycles. The van der Waals surface area contributed by atoms with Crippen molar-refractivity contribution in [2.24, 2.45) is 0 Å². The lowest BCUT2D eigenvalue weighted by Crippen LogP contribution is -2.16. The van der Waals surface area contributed by atoms with Gasteiger partial charge in [0.2, 0.25) is 0 Å². The summed E-state index contributed by atoms with van der Waals surface area (Å²) >= 11 is 11.7. The van der Waals surface area contributed by atoms with Crippen LogP contribution in [0.15, 0.2) is 18.2 Å². The van der Waals surface area contributed by atoms with Gasteiger partial charge in [0, 0.05) is 0 Å². The van der Waals surface area contributed by atoms with Crippen molar-refractivity contribution >= 4 is 23.2 Å². The molecule has 0 radical (unpaired) electrons. The van der Waals surface area contributed by atoms with E-state index in [1.54, 1.807) is 18.2 Å². The van der Waals surface area contributed by atoms with Crippen LogP contribution in [0.5, 0.6) is 5.75 Å². The molecule has 0 aliphatic heterocycles. The minimum absolute atomic E-state index is 0.233. The number of aliphatic hydroxyl groups is 1. The summed E-state index contributed by atoms with van der Waals surface area (Å²) < 4.78 is 5.30. The van der Waals surface area contributed by atoms with E-state index in [9.17, 15) is 5.11 Å². The quantitative estimate of drug-likeness (QED) is 0.868. The molecule has 1 aromatic rings. The molecule has 14 heavy (non-hydrogen) atoms. The summed E-state index contributed by atoms with van der Waals surface area (Å²) in [5.41, 5.74) is 0. The van der Waals surface area contributed by atoms with Crippen molar-refractivity contribution in [1.29, 1.82) is 0 Å². The molecular formula is C10H12Cl2O2. The minimum atomic E-state index is -0.468. The van der Waals surface area contributed by atoms with Gasteiger partial charge in [-0.3, -0.25) is 0 Å². The summed E-state index contributed by atoms with van der Waals surface area (Å²) in [5.74, 6) is 0.506. The number of rotatable bonds is 4. The summed E-state index contributed by atoms with van der Waals surface area (Å²) in [5, 5.41) is 10.1. The van der Waals surface area contributed by atoms with Crippen molar-refractivity contribution in [2.45, 2.75) is 19.4 Å². The molecule has 0 amide bonds. The first kappa shape index (κ1) is 11.6. The maximum Gasteiger partial charge on any atom is 0.139 e. The van der Waals surface area contributed by atoms with Gasteiger partial charge in [-0.2, -0.15) is 0 Å². The van der Waals surface area contributed by atoms with Crippen LogP contribution in [-0.4, -0.2) is 17.8 Å². The fourth-order valence-electron chi connectivity index (χ4n) is 0.899. The van der Waals surface area contributed by atoms with E-state index in [1.807, 2.05) is 6.92 Å². The molecule has 1 atom stereocenters. The van der Waals surface area contributed by atoms with Crippen LogP contribution < -0.4 is 4.74 Å². The van der Waals surface area contributed by atoms with Crippen molar-refractivity contribution < 1.29 is 9.84 Å². The van der Waals surface area contributed by atoms with Gasteiger partial charge in [0.1, 0.15) is 17.4 Å². The highest BCUT2D eigenvalue weighted by Crippen LogP contribution is 2.31. The highest BCUT2D eigenvalue weighted by Gasteiger charge is 2.07. The minimum Gasteiger partial charge on any atom is -0.489 e. The van der Waals surface area contributed by atoms with E-state index in [4.69, 9.17) is 27.9 Å². The lowest BCUT2D eigenvalue weighted by molar-refractivity contribution is 0.104. The van der Waals surface area contributed by atoms with Gasteiger partial charge < -0.3 is 9.84 Å². The summed E-state index contributed by atoms with van der Waals surface area (Å²) in [6, 6.07) is 5.16. The smallest absolute Gasteiger partial charge is 0.139 e. The van der Waals surface area contributed by atoms with Gasteiger partial charge >= 0.3 is 0 Å². The van der Waals surface area contributed by atoms with E-state index >= 15 is 0 Å². The van der Waals surface area contributed by atoms with Gasteiger partial charge in [-0.05, 0) is 18.6 Å². The summed E-state index contributed by atoms with van der Waals surface area (Å²) in [6.45, 7) is 2.12. The van der Waals surface area contributed by atoms with E-state index in [-0.39, 0.29) is 6.61 Å². The summed E-state index contributed by atoms with van der Waals surface area (Å²) in [6.07, 6.45) is 0.183. The molecule has 2 nitrogen and oxygen atoms in total. The van der Waals surface area contributed by atoms with E-state index in [0.717, 1.165) is 0 Å². The number of benzene rings is 1. The van der Waals surface area contributed by atoms with Gasteiger partial charge in [-0.15, -0.1) is 0 Å². The molecule has 78 valence electrons. The lowest BCUT2D eigenvalue weighted by Gasteiger charge is -2.11. The first-order chi connectivity index (χ1) is 6.65. The molecule has 0 heterocycles. The Morgan fingerprint density at radius 2 is 2.14 bits per heavy atom. The molecule has 0 bridgehead atoms. The van der Waals surface area contributed by atoms with E-state index in [2.05, 4.69) is 0 Å². The van der Waals surface area contributed by atoms with Crippen LogP contribution in [0.3, 0.4) is 0 Å². The Morgan fingerprint density at radius 1 is 1.43 bits per heavy atom. The standard InChI is InChI=1S/C10H12Cl2O2/c1-2-7(13)6-14-9-5-3-4-8(11)10(9)12/h3-5,7,13H,2,6H2,1H3. The van der Waals surface area contributed by atoms with Crippen LogP contribution >= 0.6 is 23.2 Å². The highest BCUT2D eigenvalue weighted by molar-refractivity contribution is 6.42. The van der Waals surface area contributed by atoms with Crippen LogP contribution in [-0.2, 0) is 0 Å². The topological polar surface area (TPSA) is 29.5 Å². The van der Waals surface area contributed by atoms with Crippen LogP contribution in [0.4, 0.5) is 0 Å². The Bertz CT molecular complexity index is 302. The normalized spacial score (nSPS) is 12.6. The van der Waals surface area contributed by atoms with E-state index in [0.29, 0.717) is 22.2 Å². The second-order valence-corrected chi connectivity index (χ2v) is 3.71. The third kappa shape index (κ3) is 3.05.